The van der Waals surface area contributed by atoms with Gasteiger partial charge >= 0.3 is 0 Å². The van der Waals surface area contributed by atoms with Crippen LogP contribution in [0.5, 0.6) is 0 Å². The fourth-order valence-corrected chi connectivity index (χ4v) is 4.44. The molecule has 2 heterocycles. The van der Waals surface area contributed by atoms with Gasteiger partial charge in [0.1, 0.15) is 0 Å². The summed E-state index contributed by atoms with van der Waals surface area (Å²) >= 11 is 1.60. The van der Waals surface area contributed by atoms with Gasteiger partial charge in [0.25, 0.3) is 0 Å². The molecule has 1 aromatic carbocycles. The van der Waals surface area contributed by atoms with Crippen molar-refractivity contribution < 1.29 is 14.3 Å². The highest BCUT2D eigenvalue weighted by Gasteiger charge is 2.39. The van der Waals surface area contributed by atoms with Crippen molar-refractivity contribution in [2.24, 2.45) is 11.1 Å². The lowest BCUT2D eigenvalue weighted by molar-refractivity contribution is -0.133. The van der Waals surface area contributed by atoms with E-state index >= 15 is 0 Å². The molecule has 2 aliphatic heterocycles. The van der Waals surface area contributed by atoms with E-state index in [-0.39, 0.29) is 17.1 Å². The fourth-order valence-electron chi connectivity index (χ4n) is 3.12. The standard InChI is InChI=1S/C17H22N2O3S/c1-11-2-3-12-9-14(23-13(12)8-11)15(20)19-10-17(16(18)21)4-6-22-7-5-17/h2-3,8,14H,4-7,9-10H2,1H3,(H2,18,21)(H,19,20)/t14-/m1/s1. The molecule has 0 saturated carbocycles. The Hall–Kier alpha value is -1.53. The highest BCUT2D eigenvalue weighted by molar-refractivity contribution is 8.01. The Morgan fingerprint density at radius 3 is 2.83 bits per heavy atom. The average molecular weight is 334 g/mol. The zero-order valence-corrected chi connectivity index (χ0v) is 14.1. The molecule has 5 nitrogen and oxygen atoms in total. The van der Waals surface area contributed by atoms with Crippen LogP contribution in [0.4, 0.5) is 0 Å². The molecule has 1 saturated heterocycles. The molecule has 0 radical (unpaired) electrons. The van der Waals surface area contributed by atoms with Crippen molar-refractivity contribution >= 4 is 23.6 Å². The molecule has 3 N–H and O–H groups in total. The Labute approximate surface area is 140 Å². The zero-order valence-electron chi connectivity index (χ0n) is 13.3. The number of fused-ring (bicyclic) bond motifs is 1. The molecule has 0 aromatic heterocycles. The molecule has 1 atom stereocenters. The van der Waals surface area contributed by atoms with Crippen molar-refractivity contribution in [2.75, 3.05) is 19.8 Å². The topological polar surface area (TPSA) is 81.4 Å². The molecule has 3 rings (SSSR count). The summed E-state index contributed by atoms with van der Waals surface area (Å²) in [5, 5.41) is 2.82. The van der Waals surface area contributed by atoms with Gasteiger partial charge in [0.05, 0.1) is 10.7 Å². The third-order valence-corrected chi connectivity index (χ3v) is 6.06. The molecule has 0 bridgehead atoms. The SMILES string of the molecule is Cc1ccc2c(c1)S[C@@H](C(=O)NCC1(C(N)=O)CCOCC1)C2. The van der Waals surface area contributed by atoms with Crippen molar-refractivity contribution in [3.63, 3.8) is 0 Å². The van der Waals surface area contributed by atoms with Crippen LogP contribution >= 0.6 is 11.8 Å². The minimum absolute atomic E-state index is 0.0176. The minimum Gasteiger partial charge on any atom is -0.381 e. The number of nitrogens with two attached hydrogens (primary N) is 1. The Kier molecular flexibility index (Phi) is 4.64. The first-order chi connectivity index (χ1) is 11.0. The van der Waals surface area contributed by atoms with Crippen molar-refractivity contribution in [1.29, 1.82) is 0 Å². The number of amides is 2. The largest absolute Gasteiger partial charge is 0.381 e. The number of hydrogen-bond donors (Lipinski definition) is 2. The Morgan fingerprint density at radius 1 is 1.39 bits per heavy atom. The first-order valence-electron chi connectivity index (χ1n) is 7.92. The Balaban J connectivity index is 1.61. The van der Waals surface area contributed by atoms with Crippen LogP contribution in [-0.4, -0.2) is 36.8 Å². The van der Waals surface area contributed by atoms with Crippen LogP contribution in [0.2, 0.25) is 0 Å². The van der Waals surface area contributed by atoms with Crippen LogP contribution in [0.1, 0.15) is 24.0 Å². The number of rotatable bonds is 4. The number of thioether (sulfide) groups is 1. The van der Waals surface area contributed by atoms with E-state index in [1.807, 2.05) is 0 Å². The number of primary amides is 1. The number of ether oxygens (including phenoxy) is 1. The number of nitrogens with one attached hydrogen (secondary N) is 1. The summed E-state index contributed by atoms with van der Waals surface area (Å²) in [6.07, 6.45) is 1.87. The number of carbonyl (C=O) groups excluding carboxylic acids is 2. The third-order valence-electron chi connectivity index (χ3n) is 4.76. The summed E-state index contributed by atoms with van der Waals surface area (Å²) in [5.41, 5.74) is 7.33. The van der Waals surface area contributed by atoms with E-state index in [2.05, 4.69) is 30.4 Å². The molecule has 23 heavy (non-hydrogen) atoms. The number of hydrogen-bond acceptors (Lipinski definition) is 4. The van der Waals surface area contributed by atoms with Gasteiger partial charge in [-0.1, -0.05) is 17.7 Å². The molecule has 124 valence electrons. The maximum Gasteiger partial charge on any atom is 0.233 e. The van der Waals surface area contributed by atoms with Crippen LogP contribution in [0.25, 0.3) is 0 Å². The van der Waals surface area contributed by atoms with Gasteiger partial charge in [0.15, 0.2) is 0 Å². The van der Waals surface area contributed by atoms with E-state index < -0.39 is 5.41 Å². The summed E-state index contributed by atoms with van der Waals surface area (Å²) in [5.74, 6) is -0.366. The maximum atomic E-state index is 12.5. The monoisotopic (exact) mass is 334 g/mol. The van der Waals surface area contributed by atoms with Gasteiger partial charge in [0, 0.05) is 24.7 Å². The second-order valence-corrected chi connectivity index (χ2v) is 7.64. The first kappa shape index (κ1) is 16.3. The van der Waals surface area contributed by atoms with Crippen molar-refractivity contribution in [1.82, 2.24) is 5.32 Å². The minimum atomic E-state index is -0.666. The van der Waals surface area contributed by atoms with Crippen molar-refractivity contribution in [3.05, 3.63) is 29.3 Å². The molecule has 0 unspecified atom stereocenters. The molecule has 2 amide bonds. The normalized spacial score (nSPS) is 22.4. The molecular weight excluding hydrogens is 312 g/mol. The van der Waals surface area contributed by atoms with Gasteiger partial charge in [-0.05, 0) is 37.8 Å². The zero-order chi connectivity index (χ0) is 16.4. The van der Waals surface area contributed by atoms with E-state index in [0.717, 1.165) is 6.42 Å². The van der Waals surface area contributed by atoms with Crippen LogP contribution in [0, 0.1) is 12.3 Å². The van der Waals surface area contributed by atoms with Crippen LogP contribution < -0.4 is 11.1 Å². The Morgan fingerprint density at radius 2 is 2.13 bits per heavy atom. The van der Waals surface area contributed by atoms with Gasteiger partial charge in [-0.25, -0.2) is 0 Å². The van der Waals surface area contributed by atoms with Crippen LogP contribution in [0.3, 0.4) is 0 Å². The van der Waals surface area contributed by atoms with Crippen molar-refractivity contribution in [3.8, 4) is 0 Å². The summed E-state index contributed by atoms with van der Waals surface area (Å²) in [4.78, 5) is 25.5. The van der Waals surface area contributed by atoms with E-state index in [9.17, 15) is 9.59 Å². The predicted molar refractivity (Wildman–Crippen MR) is 89.2 cm³/mol. The van der Waals surface area contributed by atoms with E-state index in [4.69, 9.17) is 10.5 Å². The molecule has 2 aliphatic rings. The lowest BCUT2D eigenvalue weighted by Gasteiger charge is -2.34. The molecular formula is C17H22N2O3S. The number of aryl methyl sites for hydroxylation is 1. The predicted octanol–water partition coefficient (Wildman–Crippen LogP) is 1.41. The lowest BCUT2D eigenvalue weighted by atomic mass is 9.79. The summed E-state index contributed by atoms with van der Waals surface area (Å²) in [6, 6.07) is 6.29. The van der Waals surface area contributed by atoms with Gasteiger partial charge in [-0.3, -0.25) is 9.59 Å². The van der Waals surface area contributed by atoms with Gasteiger partial charge in [0.2, 0.25) is 11.8 Å². The van der Waals surface area contributed by atoms with Gasteiger partial charge < -0.3 is 15.8 Å². The number of benzene rings is 1. The highest BCUT2D eigenvalue weighted by Crippen LogP contribution is 2.38. The number of carbonyl (C=O) groups is 2. The highest BCUT2D eigenvalue weighted by atomic mass is 32.2. The van der Waals surface area contributed by atoms with E-state index in [1.165, 1.54) is 16.0 Å². The Bertz CT molecular complexity index is 626. The van der Waals surface area contributed by atoms with Crippen LogP contribution in [-0.2, 0) is 20.7 Å². The average Bonchev–Trinajstić information content (AvgIpc) is 2.96. The van der Waals surface area contributed by atoms with Crippen LogP contribution in [0.15, 0.2) is 23.1 Å². The molecule has 1 aromatic rings. The summed E-state index contributed by atoms with van der Waals surface area (Å²) in [6.45, 7) is 3.39. The second kappa shape index (κ2) is 6.53. The first-order valence-corrected chi connectivity index (χ1v) is 8.80. The quantitative estimate of drug-likeness (QED) is 0.872. The maximum absolute atomic E-state index is 12.5. The lowest BCUT2D eigenvalue weighted by Crippen LogP contribution is -2.50. The summed E-state index contributed by atoms with van der Waals surface area (Å²) in [7, 11) is 0. The molecule has 0 spiro atoms. The third kappa shape index (κ3) is 3.38. The van der Waals surface area contributed by atoms with Gasteiger partial charge in [-0.15, -0.1) is 11.8 Å². The molecule has 1 fully saturated rings. The van der Waals surface area contributed by atoms with E-state index in [1.54, 1.807) is 11.8 Å². The second-order valence-electron chi connectivity index (χ2n) is 6.40. The van der Waals surface area contributed by atoms with Gasteiger partial charge in [-0.2, -0.15) is 0 Å². The summed E-state index contributed by atoms with van der Waals surface area (Å²) < 4.78 is 5.31. The fraction of sp³-hybridized carbons (Fsp3) is 0.529. The molecule has 0 aliphatic carbocycles. The van der Waals surface area contributed by atoms with E-state index in [0.29, 0.717) is 32.6 Å². The smallest absolute Gasteiger partial charge is 0.233 e. The van der Waals surface area contributed by atoms with Crippen molar-refractivity contribution in [2.45, 2.75) is 36.3 Å². The molecule has 6 heteroatoms.